The number of thiazole rings is 1. The van der Waals surface area contributed by atoms with Crippen LogP contribution in [0.25, 0.3) is 0 Å². The van der Waals surface area contributed by atoms with E-state index < -0.39 is 0 Å². The molecule has 2 aromatic carbocycles. The van der Waals surface area contributed by atoms with Crippen LogP contribution in [-0.2, 0) is 17.8 Å². The second-order valence-electron chi connectivity index (χ2n) is 6.98. The van der Waals surface area contributed by atoms with Gasteiger partial charge in [-0.25, -0.2) is 4.98 Å². The van der Waals surface area contributed by atoms with Crippen molar-refractivity contribution in [2.24, 2.45) is 0 Å². The van der Waals surface area contributed by atoms with Gasteiger partial charge < -0.3 is 20.1 Å². The molecule has 0 unspecified atom stereocenters. The van der Waals surface area contributed by atoms with Crippen molar-refractivity contribution in [3.8, 4) is 11.5 Å². The van der Waals surface area contributed by atoms with E-state index >= 15 is 0 Å². The largest absolute Gasteiger partial charge is 0.497 e. The first-order valence-corrected chi connectivity index (χ1v) is 10.5. The SMILES string of the molecule is COc1ccc(CNC(=O)c2sc(CC(=O)Nc3cc(C)ccc3OC)nc2C)cc1. The first-order valence-electron chi connectivity index (χ1n) is 9.71. The molecule has 0 saturated carbocycles. The smallest absolute Gasteiger partial charge is 0.263 e. The zero-order valence-electron chi connectivity index (χ0n) is 17.9. The molecule has 0 saturated heterocycles. The third-order valence-corrected chi connectivity index (χ3v) is 5.76. The Labute approximate surface area is 185 Å². The number of amides is 2. The monoisotopic (exact) mass is 439 g/mol. The van der Waals surface area contributed by atoms with Crippen molar-refractivity contribution in [2.45, 2.75) is 26.8 Å². The molecular weight excluding hydrogens is 414 g/mol. The molecule has 0 fully saturated rings. The molecule has 8 heteroatoms. The van der Waals surface area contributed by atoms with E-state index in [1.165, 1.54) is 11.3 Å². The van der Waals surface area contributed by atoms with Crippen LogP contribution in [0.1, 0.15) is 31.5 Å². The standard InChI is InChI=1S/C23H25N3O4S/c1-14-5-10-19(30-4)18(11-14)26-20(27)12-21-25-15(2)22(31-21)23(28)24-13-16-6-8-17(29-3)9-7-16/h5-11H,12-13H2,1-4H3,(H,24,28)(H,26,27). The van der Waals surface area contributed by atoms with Crippen LogP contribution in [0.3, 0.4) is 0 Å². The number of benzene rings is 2. The Kier molecular flexibility index (Phi) is 7.25. The van der Waals surface area contributed by atoms with Crippen LogP contribution in [0.2, 0.25) is 0 Å². The van der Waals surface area contributed by atoms with Crippen molar-refractivity contribution in [3.05, 3.63) is 69.2 Å². The summed E-state index contributed by atoms with van der Waals surface area (Å²) in [5, 5.41) is 6.33. The lowest BCUT2D eigenvalue weighted by atomic mass is 10.2. The molecule has 0 radical (unpaired) electrons. The van der Waals surface area contributed by atoms with Crippen molar-refractivity contribution >= 4 is 28.8 Å². The molecule has 2 amide bonds. The molecule has 3 rings (SSSR count). The number of rotatable bonds is 8. The first kappa shape index (κ1) is 22.3. The molecule has 0 atom stereocenters. The van der Waals surface area contributed by atoms with Gasteiger partial charge in [0, 0.05) is 6.54 Å². The van der Waals surface area contributed by atoms with E-state index in [9.17, 15) is 9.59 Å². The summed E-state index contributed by atoms with van der Waals surface area (Å²) in [5.41, 5.74) is 3.19. The number of hydrogen-bond acceptors (Lipinski definition) is 6. The highest BCUT2D eigenvalue weighted by Crippen LogP contribution is 2.26. The molecule has 31 heavy (non-hydrogen) atoms. The Balaban J connectivity index is 1.61. The summed E-state index contributed by atoms with van der Waals surface area (Å²) in [7, 11) is 3.17. The first-order chi connectivity index (χ1) is 14.9. The van der Waals surface area contributed by atoms with Crippen LogP contribution in [-0.4, -0.2) is 31.0 Å². The third-order valence-electron chi connectivity index (χ3n) is 4.60. The minimum absolute atomic E-state index is 0.0777. The van der Waals surface area contributed by atoms with Crippen LogP contribution in [0.15, 0.2) is 42.5 Å². The van der Waals surface area contributed by atoms with Crippen LogP contribution in [0, 0.1) is 13.8 Å². The van der Waals surface area contributed by atoms with Crippen LogP contribution in [0.5, 0.6) is 11.5 Å². The van der Waals surface area contributed by atoms with Crippen molar-refractivity contribution in [1.29, 1.82) is 0 Å². The fourth-order valence-electron chi connectivity index (χ4n) is 3.00. The van der Waals surface area contributed by atoms with E-state index in [1.807, 2.05) is 49.4 Å². The number of nitrogens with one attached hydrogen (secondary N) is 2. The summed E-state index contributed by atoms with van der Waals surface area (Å²) in [6.45, 7) is 4.10. The Morgan fingerprint density at radius 3 is 2.45 bits per heavy atom. The molecule has 7 nitrogen and oxygen atoms in total. The fraction of sp³-hybridized carbons (Fsp3) is 0.261. The minimum atomic E-state index is -0.220. The number of carbonyl (C=O) groups excluding carboxylic acids is 2. The quantitative estimate of drug-likeness (QED) is 0.556. The molecule has 162 valence electrons. The molecule has 0 aliphatic carbocycles. The summed E-state index contributed by atoms with van der Waals surface area (Å²) in [4.78, 5) is 30.0. The molecule has 0 aliphatic rings. The molecule has 0 spiro atoms. The predicted octanol–water partition coefficient (Wildman–Crippen LogP) is 3.89. The van der Waals surface area contributed by atoms with E-state index in [0.717, 1.165) is 16.9 Å². The van der Waals surface area contributed by atoms with Gasteiger partial charge in [-0.05, 0) is 49.2 Å². The Hall–Kier alpha value is -3.39. The lowest BCUT2D eigenvalue weighted by molar-refractivity contribution is -0.115. The van der Waals surface area contributed by atoms with Gasteiger partial charge in [-0.3, -0.25) is 9.59 Å². The van der Waals surface area contributed by atoms with E-state index in [4.69, 9.17) is 9.47 Å². The van der Waals surface area contributed by atoms with Gasteiger partial charge in [0.1, 0.15) is 21.4 Å². The van der Waals surface area contributed by atoms with Gasteiger partial charge in [-0.15, -0.1) is 11.3 Å². The highest BCUT2D eigenvalue weighted by atomic mass is 32.1. The minimum Gasteiger partial charge on any atom is -0.497 e. The van der Waals surface area contributed by atoms with Crippen molar-refractivity contribution in [3.63, 3.8) is 0 Å². The maximum atomic E-state index is 12.6. The molecular formula is C23H25N3O4S. The fourth-order valence-corrected chi connectivity index (χ4v) is 3.98. The summed E-state index contributed by atoms with van der Waals surface area (Å²) < 4.78 is 10.4. The number of nitrogens with zero attached hydrogens (tertiary/aromatic N) is 1. The highest BCUT2D eigenvalue weighted by Gasteiger charge is 2.17. The number of aryl methyl sites for hydroxylation is 2. The topological polar surface area (TPSA) is 89.5 Å². The third kappa shape index (κ3) is 5.82. The van der Waals surface area contributed by atoms with E-state index in [-0.39, 0.29) is 18.2 Å². The number of ether oxygens (including phenoxy) is 2. The number of aromatic nitrogens is 1. The average Bonchev–Trinajstić information content (AvgIpc) is 3.12. The van der Waals surface area contributed by atoms with E-state index in [0.29, 0.717) is 33.6 Å². The van der Waals surface area contributed by atoms with Crippen LogP contribution < -0.4 is 20.1 Å². The van der Waals surface area contributed by atoms with Crippen LogP contribution in [0.4, 0.5) is 5.69 Å². The van der Waals surface area contributed by atoms with Gasteiger partial charge in [-0.2, -0.15) is 0 Å². The van der Waals surface area contributed by atoms with E-state index in [1.54, 1.807) is 21.1 Å². The Bertz CT molecular complexity index is 1080. The lowest BCUT2D eigenvalue weighted by Crippen LogP contribution is -2.22. The average molecular weight is 440 g/mol. The number of carbonyl (C=O) groups is 2. The second-order valence-corrected chi connectivity index (χ2v) is 8.07. The normalized spacial score (nSPS) is 10.5. The molecule has 0 bridgehead atoms. The van der Waals surface area contributed by atoms with E-state index in [2.05, 4.69) is 15.6 Å². The van der Waals surface area contributed by atoms with Crippen molar-refractivity contribution in [2.75, 3.05) is 19.5 Å². The molecule has 0 aliphatic heterocycles. The zero-order valence-corrected chi connectivity index (χ0v) is 18.8. The molecule has 3 aromatic rings. The van der Waals surface area contributed by atoms with Crippen LogP contribution >= 0.6 is 11.3 Å². The lowest BCUT2D eigenvalue weighted by Gasteiger charge is -2.10. The summed E-state index contributed by atoms with van der Waals surface area (Å²) >= 11 is 1.23. The number of hydrogen-bond donors (Lipinski definition) is 2. The summed E-state index contributed by atoms with van der Waals surface area (Å²) in [6, 6.07) is 13.1. The van der Waals surface area contributed by atoms with Crippen molar-refractivity contribution < 1.29 is 19.1 Å². The summed E-state index contributed by atoms with van der Waals surface area (Å²) in [5.74, 6) is 0.924. The van der Waals surface area contributed by atoms with Gasteiger partial charge in [0.2, 0.25) is 5.91 Å². The van der Waals surface area contributed by atoms with Gasteiger partial charge in [-0.1, -0.05) is 18.2 Å². The van der Waals surface area contributed by atoms with Gasteiger partial charge >= 0.3 is 0 Å². The van der Waals surface area contributed by atoms with Gasteiger partial charge in [0.05, 0.1) is 32.0 Å². The molecule has 1 aromatic heterocycles. The Morgan fingerprint density at radius 2 is 1.77 bits per heavy atom. The predicted molar refractivity (Wildman–Crippen MR) is 121 cm³/mol. The Morgan fingerprint density at radius 1 is 1.03 bits per heavy atom. The van der Waals surface area contributed by atoms with Gasteiger partial charge in [0.15, 0.2) is 0 Å². The van der Waals surface area contributed by atoms with Gasteiger partial charge in [0.25, 0.3) is 5.91 Å². The maximum absolute atomic E-state index is 12.6. The number of methoxy groups -OCH3 is 2. The zero-order chi connectivity index (χ0) is 22.4. The molecule has 1 heterocycles. The highest BCUT2D eigenvalue weighted by molar-refractivity contribution is 7.13. The second kappa shape index (κ2) is 10.1. The van der Waals surface area contributed by atoms with Crippen molar-refractivity contribution in [1.82, 2.24) is 10.3 Å². The summed E-state index contributed by atoms with van der Waals surface area (Å²) in [6.07, 6.45) is 0.0777. The molecule has 2 N–H and O–H groups in total. The number of anilines is 1. The maximum Gasteiger partial charge on any atom is 0.263 e.